The molecule has 1 heterocycles. The van der Waals surface area contributed by atoms with E-state index < -0.39 is 16.8 Å². The number of hydrogen-bond donors (Lipinski definition) is 1. The number of carbonyl (C=O) groups is 1. The van der Waals surface area contributed by atoms with E-state index in [1.165, 1.54) is 16.7 Å². The number of carboxylic acid groups (broad SMARTS) is 1. The molecule has 33 heavy (non-hydrogen) atoms. The molecule has 4 atom stereocenters. The lowest BCUT2D eigenvalue weighted by Crippen LogP contribution is -2.63. The zero-order valence-corrected chi connectivity index (χ0v) is 18.9. The Kier molecular flexibility index (Phi) is 4.63. The van der Waals surface area contributed by atoms with Crippen LogP contribution in [0.25, 0.3) is 0 Å². The van der Waals surface area contributed by atoms with Crippen molar-refractivity contribution in [1.29, 1.82) is 0 Å². The Morgan fingerprint density at radius 1 is 1.03 bits per heavy atom. The second kappa shape index (κ2) is 7.46. The van der Waals surface area contributed by atoms with Crippen molar-refractivity contribution < 1.29 is 14.6 Å². The maximum Gasteiger partial charge on any atom is 0.312 e. The molecule has 1 N–H and O–H groups in total. The van der Waals surface area contributed by atoms with Crippen molar-refractivity contribution in [2.75, 3.05) is 20.2 Å². The Hall–Kier alpha value is -3.11. The molecule has 0 radical (unpaired) electrons. The van der Waals surface area contributed by atoms with Gasteiger partial charge in [-0.25, -0.2) is 0 Å². The highest BCUT2D eigenvalue weighted by Crippen LogP contribution is 2.69. The predicted molar refractivity (Wildman–Crippen MR) is 127 cm³/mol. The van der Waals surface area contributed by atoms with Crippen LogP contribution in [0.15, 0.2) is 78.9 Å². The van der Waals surface area contributed by atoms with Crippen LogP contribution in [0.5, 0.6) is 5.75 Å². The lowest BCUT2D eigenvalue weighted by Gasteiger charge is -2.60. The molecule has 1 saturated heterocycles. The summed E-state index contributed by atoms with van der Waals surface area (Å²) >= 11 is 0. The first kappa shape index (κ1) is 20.5. The Balaban J connectivity index is 1.54. The fourth-order valence-corrected chi connectivity index (χ4v) is 7.45. The number of nitrogens with zero attached hydrogens (tertiary/aromatic N) is 1. The van der Waals surface area contributed by atoms with Gasteiger partial charge in [0.15, 0.2) is 0 Å². The van der Waals surface area contributed by atoms with Crippen LogP contribution >= 0.6 is 0 Å². The molecule has 168 valence electrons. The molecule has 1 aliphatic heterocycles. The quantitative estimate of drug-likeness (QED) is 0.603. The number of benzene rings is 3. The summed E-state index contributed by atoms with van der Waals surface area (Å²) in [6.45, 7) is 2.17. The first-order chi connectivity index (χ1) is 16.1. The number of hydrogen-bond acceptors (Lipinski definition) is 3. The molecule has 0 spiro atoms. The second-order valence-corrected chi connectivity index (χ2v) is 9.90. The van der Waals surface area contributed by atoms with Crippen molar-refractivity contribution in [3.05, 3.63) is 101 Å². The zero-order valence-electron chi connectivity index (χ0n) is 18.9. The molecule has 7 rings (SSSR count). The number of carboxylic acids is 1. The Labute approximate surface area is 194 Å². The maximum absolute atomic E-state index is 13.4. The lowest BCUT2D eigenvalue weighted by atomic mass is 9.40. The molecule has 2 fully saturated rings. The van der Waals surface area contributed by atoms with Crippen LogP contribution in [0.1, 0.15) is 41.0 Å². The SMILES string of the molecule is COc1ccc(C23CCC(c4ccccc42)C2CN(Cc4ccccc4)CC23C(=O)O)cc1. The third-order valence-electron chi connectivity index (χ3n) is 8.67. The van der Waals surface area contributed by atoms with Gasteiger partial charge in [0.2, 0.25) is 0 Å². The van der Waals surface area contributed by atoms with Crippen molar-refractivity contribution in [2.45, 2.75) is 30.7 Å². The number of ether oxygens (including phenoxy) is 1. The van der Waals surface area contributed by atoms with Gasteiger partial charge >= 0.3 is 5.97 Å². The highest BCUT2D eigenvalue weighted by Gasteiger charge is 2.72. The number of rotatable bonds is 5. The van der Waals surface area contributed by atoms with Crippen LogP contribution in [0.3, 0.4) is 0 Å². The fraction of sp³-hybridized carbons (Fsp3) is 0.345. The minimum absolute atomic E-state index is 0.0875. The van der Waals surface area contributed by atoms with Crippen molar-refractivity contribution in [2.24, 2.45) is 11.3 Å². The average Bonchev–Trinajstić information content (AvgIpc) is 3.27. The molecular formula is C29H29NO3. The van der Waals surface area contributed by atoms with Crippen LogP contribution in [-0.2, 0) is 16.8 Å². The summed E-state index contributed by atoms with van der Waals surface area (Å²) in [5, 5.41) is 11.0. The van der Waals surface area contributed by atoms with E-state index in [0.717, 1.165) is 37.2 Å². The van der Waals surface area contributed by atoms with E-state index in [9.17, 15) is 9.90 Å². The fourth-order valence-electron chi connectivity index (χ4n) is 7.45. The first-order valence-corrected chi connectivity index (χ1v) is 11.8. The lowest BCUT2D eigenvalue weighted by molar-refractivity contribution is -0.160. The summed E-state index contributed by atoms with van der Waals surface area (Å²) in [6, 6.07) is 27.2. The summed E-state index contributed by atoms with van der Waals surface area (Å²) in [4.78, 5) is 15.8. The minimum Gasteiger partial charge on any atom is -0.497 e. The predicted octanol–water partition coefficient (Wildman–Crippen LogP) is 5.08. The van der Waals surface area contributed by atoms with Gasteiger partial charge in [0.05, 0.1) is 12.5 Å². The van der Waals surface area contributed by atoms with E-state index >= 15 is 0 Å². The van der Waals surface area contributed by atoms with E-state index in [4.69, 9.17) is 4.74 Å². The summed E-state index contributed by atoms with van der Waals surface area (Å²) in [5.41, 5.74) is 3.50. The Bertz CT molecular complexity index is 1190. The second-order valence-electron chi connectivity index (χ2n) is 9.90. The van der Waals surface area contributed by atoms with Crippen molar-refractivity contribution >= 4 is 5.97 Å². The molecule has 2 bridgehead atoms. The molecule has 3 aromatic rings. The molecular weight excluding hydrogens is 410 g/mol. The van der Waals surface area contributed by atoms with Gasteiger partial charge in [0, 0.05) is 25.0 Å². The average molecular weight is 440 g/mol. The zero-order chi connectivity index (χ0) is 22.6. The van der Waals surface area contributed by atoms with Crippen LogP contribution < -0.4 is 4.74 Å². The molecule has 0 amide bonds. The number of aliphatic carboxylic acids is 1. The van der Waals surface area contributed by atoms with Gasteiger partial charge in [-0.3, -0.25) is 9.69 Å². The third-order valence-corrected chi connectivity index (χ3v) is 8.67. The van der Waals surface area contributed by atoms with Gasteiger partial charge < -0.3 is 9.84 Å². The molecule has 4 heteroatoms. The normalized spacial score (nSPS) is 30.0. The van der Waals surface area contributed by atoms with Gasteiger partial charge in [0.1, 0.15) is 5.75 Å². The van der Waals surface area contributed by atoms with E-state index in [2.05, 4.69) is 65.6 Å². The monoisotopic (exact) mass is 439 g/mol. The van der Waals surface area contributed by atoms with E-state index in [-0.39, 0.29) is 11.8 Å². The largest absolute Gasteiger partial charge is 0.497 e. The highest BCUT2D eigenvalue weighted by atomic mass is 16.5. The smallest absolute Gasteiger partial charge is 0.312 e. The number of likely N-dealkylation sites (tertiary alicyclic amines) is 1. The summed E-state index contributed by atoms with van der Waals surface area (Å²) in [6.07, 6.45) is 1.89. The van der Waals surface area contributed by atoms with Gasteiger partial charge in [-0.05, 0) is 59.1 Å². The maximum atomic E-state index is 13.4. The Morgan fingerprint density at radius 3 is 2.48 bits per heavy atom. The van der Waals surface area contributed by atoms with Crippen molar-refractivity contribution in [3.63, 3.8) is 0 Å². The van der Waals surface area contributed by atoms with Crippen LogP contribution in [0, 0.1) is 11.3 Å². The van der Waals surface area contributed by atoms with Gasteiger partial charge in [-0.2, -0.15) is 0 Å². The van der Waals surface area contributed by atoms with Gasteiger partial charge in [-0.15, -0.1) is 0 Å². The number of methoxy groups -OCH3 is 1. The summed E-state index contributed by atoms with van der Waals surface area (Å²) < 4.78 is 5.42. The molecule has 3 aliphatic carbocycles. The molecule has 3 aromatic carbocycles. The van der Waals surface area contributed by atoms with Crippen LogP contribution in [0.4, 0.5) is 0 Å². The van der Waals surface area contributed by atoms with E-state index in [1.54, 1.807) is 7.11 Å². The van der Waals surface area contributed by atoms with Gasteiger partial charge in [0.25, 0.3) is 0 Å². The van der Waals surface area contributed by atoms with E-state index in [1.807, 2.05) is 18.2 Å². The van der Waals surface area contributed by atoms with Crippen LogP contribution in [-0.4, -0.2) is 36.2 Å². The molecule has 4 unspecified atom stereocenters. The van der Waals surface area contributed by atoms with E-state index in [0.29, 0.717) is 6.54 Å². The van der Waals surface area contributed by atoms with Crippen molar-refractivity contribution in [3.8, 4) is 5.75 Å². The molecule has 4 aliphatic rings. The Morgan fingerprint density at radius 2 is 1.76 bits per heavy atom. The van der Waals surface area contributed by atoms with Crippen molar-refractivity contribution in [1.82, 2.24) is 4.90 Å². The summed E-state index contributed by atoms with van der Waals surface area (Å²) in [5.74, 6) is 0.520. The topological polar surface area (TPSA) is 49.8 Å². The first-order valence-electron chi connectivity index (χ1n) is 11.8. The minimum atomic E-state index is -0.854. The van der Waals surface area contributed by atoms with Gasteiger partial charge in [-0.1, -0.05) is 66.7 Å². The van der Waals surface area contributed by atoms with Crippen LogP contribution in [0.2, 0.25) is 0 Å². The third kappa shape index (κ3) is 2.70. The summed E-state index contributed by atoms with van der Waals surface area (Å²) in [7, 11) is 1.67. The molecule has 0 aromatic heterocycles. The standard InChI is InChI=1S/C29H29NO3/c1-33-22-13-11-21(12-14-22)28-16-15-24(23-9-5-6-10-25(23)28)26-18-30(19-29(26,28)27(31)32)17-20-7-3-2-4-8-20/h2-14,24,26H,15-19H2,1H3,(H,31,32). The number of fused-ring (bicyclic) bond motifs is 1. The molecule has 4 nitrogen and oxygen atoms in total. The molecule has 1 saturated carbocycles. The highest BCUT2D eigenvalue weighted by molar-refractivity contribution is 5.82.